The minimum absolute atomic E-state index is 0.0508. The monoisotopic (exact) mass is 513 g/mol. The maximum absolute atomic E-state index is 13.7. The fourth-order valence-corrected chi connectivity index (χ4v) is 5.32. The van der Waals surface area contributed by atoms with Gasteiger partial charge in [0.2, 0.25) is 0 Å². The van der Waals surface area contributed by atoms with Crippen LogP contribution in [0.1, 0.15) is 59.1 Å². The van der Waals surface area contributed by atoms with Crippen molar-refractivity contribution in [3.8, 4) is 5.69 Å². The van der Waals surface area contributed by atoms with Gasteiger partial charge >= 0.3 is 0 Å². The number of amides is 2. The summed E-state index contributed by atoms with van der Waals surface area (Å²) in [6.07, 6.45) is 4.93. The second-order valence-corrected chi connectivity index (χ2v) is 9.91. The lowest BCUT2D eigenvalue weighted by Gasteiger charge is -2.23. The van der Waals surface area contributed by atoms with E-state index in [1.807, 2.05) is 42.2 Å². The number of likely N-dealkylation sites (tertiary alicyclic amines) is 1. The largest absolute Gasteiger partial charge is 0.380 e. The average Bonchev–Trinajstić information content (AvgIpc) is 3.75. The third kappa shape index (κ3) is 4.36. The van der Waals surface area contributed by atoms with E-state index >= 15 is 0 Å². The average molecular weight is 514 g/mol. The maximum Gasteiger partial charge on any atom is 0.274 e. The molecule has 2 aromatic carbocycles. The number of anilines is 3. The molecule has 4 heterocycles. The lowest BCUT2D eigenvalue weighted by molar-refractivity contribution is 0.0792. The molecule has 10 heteroatoms. The molecule has 0 bridgehead atoms. The molecule has 196 valence electrons. The van der Waals surface area contributed by atoms with Gasteiger partial charge in [-0.2, -0.15) is 5.10 Å². The number of aromatic nitrogens is 3. The Morgan fingerprint density at radius 3 is 2.53 bits per heavy atom. The van der Waals surface area contributed by atoms with Crippen molar-refractivity contribution in [1.29, 1.82) is 0 Å². The highest BCUT2D eigenvalue weighted by Crippen LogP contribution is 2.32. The van der Waals surface area contributed by atoms with E-state index in [1.54, 1.807) is 16.8 Å². The molecule has 2 aromatic heterocycles. The first kappa shape index (κ1) is 24.0. The third-order valence-electron chi connectivity index (χ3n) is 7.41. The molecule has 2 aliphatic heterocycles. The van der Waals surface area contributed by atoms with Crippen LogP contribution in [-0.4, -0.2) is 57.8 Å². The minimum atomic E-state index is -0.283. The molecule has 0 aliphatic carbocycles. The van der Waals surface area contributed by atoms with Gasteiger partial charge in [0.15, 0.2) is 11.4 Å². The van der Waals surface area contributed by atoms with Crippen LogP contribution >= 0.6 is 0 Å². The van der Waals surface area contributed by atoms with Crippen molar-refractivity contribution in [2.75, 3.05) is 42.1 Å². The molecule has 38 heavy (non-hydrogen) atoms. The summed E-state index contributed by atoms with van der Waals surface area (Å²) in [5, 5.41) is 12.3. The van der Waals surface area contributed by atoms with E-state index in [4.69, 9.17) is 10.3 Å². The van der Waals surface area contributed by atoms with E-state index in [9.17, 15) is 9.59 Å². The van der Waals surface area contributed by atoms with Gasteiger partial charge in [0.05, 0.1) is 28.1 Å². The van der Waals surface area contributed by atoms with E-state index in [2.05, 4.69) is 20.5 Å². The van der Waals surface area contributed by atoms with Crippen molar-refractivity contribution in [2.24, 2.45) is 0 Å². The lowest BCUT2D eigenvalue weighted by atomic mass is 10.1. The van der Waals surface area contributed by atoms with Gasteiger partial charge in [-0.05, 0) is 74.6 Å². The number of carbonyl (C=O) groups excluding carboxylic acids is 2. The standard InChI is InChI=1S/C28H31N7O3/c1-2-19-16-24(35(31-19)20-8-10-25-21(17-20)26(29)32-38-25)27(36)30-22-9-7-18(28(37)34-13-5-6-14-34)15-23(22)33-11-3-4-12-33/h7-10,15-17H,2-6,11-14H2,1H3,(H2,29,32)(H,30,36). The van der Waals surface area contributed by atoms with Crippen LogP contribution in [0, 0.1) is 0 Å². The van der Waals surface area contributed by atoms with E-state index in [1.165, 1.54) is 0 Å². The Labute approximate surface area is 220 Å². The van der Waals surface area contributed by atoms with Crippen molar-refractivity contribution in [3.05, 3.63) is 59.4 Å². The second kappa shape index (κ2) is 9.85. The molecule has 0 saturated carbocycles. The number of rotatable bonds is 6. The number of aryl methyl sites for hydroxylation is 1. The zero-order valence-corrected chi connectivity index (χ0v) is 21.4. The van der Waals surface area contributed by atoms with Crippen molar-refractivity contribution < 1.29 is 14.1 Å². The Hall–Kier alpha value is -4.34. The van der Waals surface area contributed by atoms with Gasteiger partial charge in [-0.15, -0.1) is 0 Å². The van der Waals surface area contributed by atoms with Crippen LogP contribution in [0.25, 0.3) is 16.7 Å². The van der Waals surface area contributed by atoms with Crippen LogP contribution in [0.15, 0.2) is 47.0 Å². The zero-order chi connectivity index (χ0) is 26.2. The minimum Gasteiger partial charge on any atom is -0.380 e. The Morgan fingerprint density at radius 2 is 1.76 bits per heavy atom. The van der Waals surface area contributed by atoms with E-state index < -0.39 is 0 Å². The fourth-order valence-electron chi connectivity index (χ4n) is 5.32. The molecule has 2 aliphatic rings. The van der Waals surface area contributed by atoms with Crippen LogP contribution in [0.5, 0.6) is 0 Å². The topological polar surface area (TPSA) is 123 Å². The smallest absolute Gasteiger partial charge is 0.274 e. The maximum atomic E-state index is 13.7. The predicted molar refractivity (Wildman–Crippen MR) is 146 cm³/mol. The molecule has 2 saturated heterocycles. The number of carbonyl (C=O) groups is 2. The highest BCUT2D eigenvalue weighted by atomic mass is 16.5. The van der Waals surface area contributed by atoms with Crippen molar-refractivity contribution in [1.82, 2.24) is 19.8 Å². The molecule has 4 aromatic rings. The molecule has 10 nitrogen and oxygen atoms in total. The first-order valence-corrected chi connectivity index (χ1v) is 13.3. The highest BCUT2D eigenvalue weighted by Gasteiger charge is 2.25. The fraction of sp³-hybridized carbons (Fsp3) is 0.357. The molecular weight excluding hydrogens is 482 g/mol. The molecule has 6 rings (SSSR count). The summed E-state index contributed by atoms with van der Waals surface area (Å²) < 4.78 is 6.85. The molecule has 2 amide bonds. The van der Waals surface area contributed by atoms with Gasteiger partial charge in [-0.25, -0.2) is 4.68 Å². The number of nitrogens with two attached hydrogens (primary N) is 1. The summed E-state index contributed by atoms with van der Waals surface area (Å²) in [4.78, 5) is 30.9. The molecule has 0 unspecified atom stereocenters. The van der Waals surface area contributed by atoms with Crippen molar-refractivity contribution in [2.45, 2.75) is 39.0 Å². The van der Waals surface area contributed by atoms with E-state index in [0.717, 1.165) is 63.2 Å². The third-order valence-corrected chi connectivity index (χ3v) is 7.41. The van der Waals surface area contributed by atoms with Crippen LogP contribution < -0.4 is 16.0 Å². The molecular formula is C28H31N7O3. The SMILES string of the molecule is CCc1cc(C(=O)Nc2ccc(C(=O)N3CCCC3)cc2N2CCCC2)n(-c2ccc3onc(N)c3c2)n1. The lowest BCUT2D eigenvalue weighted by Crippen LogP contribution is -2.28. The number of fused-ring (bicyclic) bond motifs is 1. The highest BCUT2D eigenvalue weighted by molar-refractivity contribution is 6.06. The van der Waals surface area contributed by atoms with E-state index in [0.29, 0.717) is 40.0 Å². The summed E-state index contributed by atoms with van der Waals surface area (Å²) in [6.45, 7) is 5.38. The number of hydrogen-bond donors (Lipinski definition) is 2. The first-order valence-electron chi connectivity index (χ1n) is 13.3. The van der Waals surface area contributed by atoms with E-state index in [-0.39, 0.29) is 17.6 Å². The van der Waals surface area contributed by atoms with Gasteiger partial charge in [0, 0.05) is 31.7 Å². The van der Waals surface area contributed by atoms with Crippen molar-refractivity contribution in [3.63, 3.8) is 0 Å². The summed E-state index contributed by atoms with van der Waals surface area (Å²) >= 11 is 0. The molecule has 0 atom stereocenters. The van der Waals surface area contributed by atoms with Gasteiger partial charge in [0.1, 0.15) is 5.69 Å². The van der Waals surface area contributed by atoms with Crippen LogP contribution in [-0.2, 0) is 6.42 Å². The molecule has 0 radical (unpaired) electrons. The first-order chi connectivity index (χ1) is 18.5. The van der Waals surface area contributed by atoms with Crippen LogP contribution in [0.2, 0.25) is 0 Å². The van der Waals surface area contributed by atoms with Gasteiger partial charge in [-0.1, -0.05) is 12.1 Å². The predicted octanol–water partition coefficient (Wildman–Crippen LogP) is 4.25. The Balaban J connectivity index is 1.34. The molecule has 2 fully saturated rings. The molecule has 3 N–H and O–H groups in total. The summed E-state index contributed by atoms with van der Waals surface area (Å²) in [7, 11) is 0. The van der Waals surface area contributed by atoms with Gasteiger partial charge in [0.25, 0.3) is 11.8 Å². The Bertz CT molecular complexity index is 1510. The number of hydrogen-bond acceptors (Lipinski definition) is 7. The number of nitrogens with one attached hydrogen (secondary N) is 1. The summed E-state index contributed by atoms with van der Waals surface area (Å²) in [6, 6.07) is 12.8. The zero-order valence-electron chi connectivity index (χ0n) is 21.4. The quantitative estimate of drug-likeness (QED) is 0.395. The Kier molecular flexibility index (Phi) is 6.22. The Morgan fingerprint density at radius 1 is 1.00 bits per heavy atom. The number of benzene rings is 2. The second-order valence-electron chi connectivity index (χ2n) is 9.91. The van der Waals surface area contributed by atoms with Crippen LogP contribution in [0.3, 0.4) is 0 Å². The molecule has 0 spiro atoms. The summed E-state index contributed by atoms with van der Waals surface area (Å²) in [5.74, 6) is 0.0547. The summed E-state index contributed by atoms with van der Waals surface area (Å²) in [5.41, 5.74) is 10.6. The number of nitrogens with zero attached hydrogens (tertiary/aromatic N) is 5. The van der Waals surface area contributed by atoms with Gasteiger partial charge in [-0.3, -0.25) is 9.59 Å². The van der Waals surface area contributed by atoms with Crippen molar-refractivity contribution >= 4 is 40.0 Å². The van der Waals surface area contributed by atoms with Crippen LogP contribution in [0.4, 0.5) is 17.2 Å². The number of nitrogen functional groups attached to an aromatic ring is 1. The normalized spacial score (nSPS) is 15.5. The van der Waals surface area contributed by atoms with Gasteiger partial charge < -0.3 is 25.4 Å².